The first kappa shape index (κ1) is 14.8. The van der Waals surface area contributed by atoms with E-state index < -0.39 is 0 Å². The van der Waals surface area contributed by atoms with Gasteiger partial charge in [0.2, 0.25) is 0 Å². The highest BCUT2D eigenvalue weighted by Gasteiger charge is 2.06. The lowest BCUT2D eigenvalue weighted by Crippen LogP contribution is -2.07. The Bertz CT molecular complexity index is 350. The van der Waals surface area contributed by atoms with Crippen molar-refractivity contribution in [2.24, 2.45) is 0 Å². The van der Waals surface area contributed by atoms with Crippen LogP contribution in [0.5, 0.6) is 11.5 Å². The molecule has 0 spiro atoms. The number of rotatable bonds is 8. The second-order valence-electron chi connectivity index (χ2n) is 4.39. The average molecular weight is 252 g/mol. The highest BCUT2D eigenvalue weighted by molar-refractivity contribution is 5.42. The van der Waals surface area contributed by atoms with Crippen LogP contribution >= 0.6 is 0 Å². The summed E-state index contributed by atoms with van der Waals surface area (Å²) in [5, 5.41) is 9.44. The maximum absolute atomic E-state index is 9.44. The lowest BCUT2D eigenvalue weighted by molar-refractivity contribution is 0.148. The number of methoxy groups -OCH3 is 1. The lowest BCUT2D eigenvalue weighted by atomic mass is 10.1. The Hall–Kier alpha value is -1.22. The molecule has 3 nitrogen and oxygen atoms in total. The number of aryl methyl sites for hydroxylation is 1. The summed E-state index contributed by atoms with van der Waals surface area (Å²) in [6.45, 7) is 4.71. The topological polar surface area (TPSA) is 38.7 Å². The van der Waals surface area contributed by atoms with Crippen LogP contribution in [0.25, 0.3) is 0 Å². The average Bonchev–Trinajstić information content (AvgIpc) is 2.43. The normalized spacial score (nSPS) is 12.2. The third-order valence-corrected chi connectivity index (χ3v) is 3.05. The number of aliphatic hydroxyl groups is 1. The Morgan fingerprint density at radius 2 is 2.00 bits per heavy atom. The van der Waals surface area contributed by atoms with Crippen LogP contribution in [-0.2, 0) is 6.42 Å². The summed E-state index contributed by atoms with van der Waals surface area (Å²) in [6, 6.07) is 6.02. The zero-order valence-corrected chi connectivity index (χ0v) is 11.6. The summed E-state index contributed by atoms with van der Waals surface area (Å²) in [4.78, 5) is 0. The zero-order valence-electron chi connectivity index (χ0n) is 11.6. The number of aliphatic hydroxyl groups excluding tert-OH is 1. The molecule has 0 saturated heterocycles. The van der Waals surface area contributed by atoms with Gasteiger partial charge in [0.25, 0.3) is 0 Å². The van der Waals surface area contributed by atoms with Gasteiger partial charge in [-0.3, -0.25) is 0 Å². The van der Waals surface area contributed by atoms with Gasteiger partial charge in [0.05, 0.1) is 19.8 Å². The molecule has 1 atom stereocenters. The molecule has 18 heavy (non-hydrogen) atoms. The minimum atomic E-state index is -0.210. The predicted octanol–water partition coefficient (Wildman–Crippen LogP) is 3.19. The van der Waals surface area contributed by atoms with Crippen molar-refractivity contribution in [1.82, 2.24) is 0 Å². The van der Waals surface area contributed by atoms with Crippen LogP contribution in [-0.4, -0.2) is 24.9 Å². The van der Waals surface area contributed by atoms with Crippen LogP contribution in [0.4, 0.5) is 0 Å². The summed E-state index contributed by atoms with van der Waals surface area (Å²) < 4.78 is 11.0. The largest absolute Gasteiger partial charge is 0.493 e. The Kier molecular flexibility index (Phi) is 6.58. The molecule has 1 rings (SSSR count). The van der Waals surface area contributed by atoms with E-state index in [2.05, 4.69) is 13.0 Å². The molecule has 1 N–H and O–H groups in total. The maximum Gasteiger partial charge on any atom is 0.161 e. The van der Waals surface area contributed by atoms with Crippen LogP contribution in [0.15, 0.2) is 18.2 Å². The fourth-order valence-electron chi connectivity index (χ4n) is 1.76. The molecule has 0 saturated carbocycles. The van der Waals surface area contributed by atoms with E-state index in [4.69, 9.17) is 9.47 Å². The number of ether oxygens (including phenoxy) is 2. The minimum absolute atomic E-state index is 0.210. The molecular formula is C15H24O3. The van der Waals surface area contributed by atoms with Gasteiger partial charge in [-0.2, -0.15) is 0 Å². The molecule has 0 radical (unpaired) electrons. The molecule has 0 aromatic heterocycles. The summed E-state index contributed by atoms with van der Waals surface area (Å²) in [5.41, 5.74) is 1.24. The molecule has 0 bridgehead atoms. The van der Waals surface area contributed by atoms with Gasteiger partial charge in [-0.15, -0.1) is 0 Å². The first-order valence-corrected chi connectivity index (χ1v) is 6.69. The van der Waals surface area contributed by atoms with Crippen molar-refractivity contribution in [2.45, 2.75) is 45.6 Å². The lowest BCUT2D eigenvalue weighted by Gasteiger charge is -2.12. The molecule has 1 unspecified atom stereocenters. The van der Waals surface area contributed by atoms with E-state index in [-0.39, 0.29) is 6.10 Å². The van der Waals surface area contributed by atoms with Gasteiger partial charge in [0.15, 0.2) is 11.5 Å². The highest BCUT2D eigenvalue weighted by atomic mass is 16.5. The fourth-order valence-corrected chi connectivity index (χ4v) is 1.76. The third-order valence-electron chi connectivity index (χ3n) is 3.05. The second-order valence-corrected chi connectivity index (χ2v) is 4.39. The van der Waals surface area contributed by atoms with E-state index in [9.17, 15) is 5.11 Å². The Morgan fingerprint density at radius 3 is 2.61 bits per heavy atom. The number of benzene rings is 1. The zero-order chi connectivity index (χ0) is 13.4. The molecule has 102 valence electrons. The van der Waals surface area contributed by atoms with Crippen molar-refractivity contribution in [3.63, 3.8) is 0 Å². The summed E-state index contributed by atoms with van der Waals surface area (Å²) in [5.74, 6) is 1.56. The Balaban J connectivity index is 2.46. The molecule has 0 aliphatic rings. The molecule has 0 aliphatic heterocycles. The molecule has 0 amide bonds. The molecule has 0 heterocycles. The van der Waals surface area contributed by atoms with E-state index >= 15 is 0 Å². The summed E-state index contributed by atoms with van der Waals surface area (Å²) in [6.07, 6.45) is 3.21. The first-order valence-electron chi connectivity index (χ1n) is 6.69. The number of hydrogen-bond acceptors (Lipinski definition) is 3. The van der Waals surface area contributed by atoms with Crippen LogP contribution < -0.4 is 9.47 Å². The summed E-state index contributed by atoms with van der Waals surface area (Å²) in [7, 11) is 1.66. The quantitative estimate of drug-likeness (QED) is 0.722. The number of hydrogen-bond donors (Lipinski definition) is 1. The van der Waals surface area contributed by atoms with Gasteiger partial charge in [-0.05, 0) is 43.4 Å². The van der Waals surface area contributed by atoms with Crippen molar-refractivity contribution in [2.75, 3.05) is 13.7 Å². The molecule has 0 fully saturated rings. The Morgan fingerprint density at radius 1 is 1.22 bits per heavy atom. The molecule has 1 aromatic carbocycles. The minimum Gasteiger partial charge on any atom is -0.493 e. The SMILES string of the molecule is CCc1ccc(OCCCC(O)CC)c(OC)c1. The predicted molar refractivity (Wildman–Crippen MR) is 73.4 cm³/mol. The fraction of sp³-hybridized carbons (Fsp3) is 0.600. The highest BCUT2D eigenvalue weighted by Crippen LogP contribution is 2.28. The van der Waals surface area contributed by atoms with Gasteiger partial charge >= 0.3 is 0 Å². The van der Waals surface area contributed by atoms with Crippen molar-refractivity contribution in [1.29, 1.82) is 0 Å². The van der Waals surface area contributed by atoms with Gasteiger partial charge in [-0.1, -0.05) is 19.9 Å². The first-order chi connectivity index (χ1) is 8.71. The van der Waals surface area contributed by atoms with E-state index in [0.29, 0.717) is 6.61 Å². The van der Waals surface area contributed by atoms with Crippen molar-refractivity contribution < 1.29 is 14.6 Å². The maximum atomic E-state index is 9.44. The van der Waals surface area contributed by atoms with Crippen molar-refractivity contribution >= 4 is 0 Å². The van der Waals surface area contributed by atoms with E-state index in [1.165, 1.54) is 5.56 Å². The van der Waals surface area contributed by atoms with Crippen molar-refractivity contribution in [3.8, 4) is 11.5 Å². The molecule has 0 aliphatic carbocycles. The standard InChI is InChI=1S/C15H24O3/c1-4-12-8-9-14(15(11-12)17-3)18-10-6-7-13(16)5-2/h8-9,11,13,16H,4-7,10H2,1-3H3. The van der Waals surface area contributed by atoms with Gasteiger partial charge in [0.1, 0.15) is 0 Å². The molecule has 3 heteroatoms. The monoisotopic (exact) mass is 252 g/mol. The van der Waals surface area contributed by atoms with E-state index in [1.807, 2.05) is 19.1 Å². The third kappa shape index (κ3) is 4.57. The van der Waals surface area contributed by atoms with Crippen molar-refractivity contribution in [3.05, 3.63) is 23.8 Å². The van der Waals surface area contributed by atoms with Crippen LogP contribution in [0.1, 0.15) is 38.7 Å². The van der Waals surface area contributed by atoms with Gasteiger partial charge < -0.3 is 14.6 Å². The molecular weight excluding hydrogens is 228 g/mol. The van der Waals surface area contributed by atoms with Crippen LogP contribution in [0.3, 0.4) is 0 Å². The Labute approximate surface area is 110 Å². The van der Waals surface area contributed by atoms with Gasteiger partial charge in [0, 0.05) is 0 Å². The van der Waals surface area contributed by atoms with Crippen LogP contribution in [0, 0.1) is 0 Å². The van der Waals surface area contributed by atoms with Crippen LogP contribution in [0.2, 0.25) is 0 Å². The van der Waals surface area contributed by atoms with E-state index in [1.54, 1.807) is 7.11 Å². The summed E-state index contributed by atoms with van der Waals surface area (Å²) >= 11 is 0. The smallest absolute Gasteiger partial charge is 0.161 e. The second kappa shape index (κ2) is 7.98. The molecule has 1 aromatic rings. The van der Waals surface area contributed by atoms with Gasteiger partial charge in [-0.25, -0.2) is 0 Å². The van der Waals surface area contributed by atoms with E-state index in [0.717, 1.165) is 37.2 Å².